The minimum Gasteiger partial charge on any atom is -0.285 e. The van der Waals surface area contributed by atoms with Crippen LogP contribution in [0.25, 0.3) is 44.5 Å². The molecule has 11 heteroatoms. The third-order valence-corrected chi connectivity index (χ3v) is 11.6. The number of nitrogens with one attached hydrogen (secondary N) is 1. The smallest absolute Gasteiger partial charge is 0.285 e. The van der Waals surface area contributed by atoms with Crippen molar-refractivity contribution in [1.29, 1.82) is 0 Å². The van der Waals surface area contributed by atoms with Gasteiger partial charge < -0.3 is 0 Å². The molecule has 332 valence electrons. The molecule has 70 heavy (non-hydrogen) atoms. The Balaban J connectivity index is 1.12. The van der Waals surface area contributed by atoms with Crippen LogP contribution >= 0.6 is 0 Å². The predicted molar refractivity (Wildman–Crippen MR) is 270 cm³/mol. The minimum absolute atomic E-state index is 0.199. The molecule has 0 spiro atoms. The van der Waals surface area contributed by atoms with Gasteiger partial charge in [0.05, 0.1) is 0 Å². The Morgan fingerprint density at radius 2 is 0.600 bits per heavy atom. The lowest BCUT2D eigenvalue weighted by Crippen LogP contribution is -2.47. The average Bonchev–Trinajstić information content (AvgIpc) is 3.44. The van der Waals surface area contributed by atoms with Crippen molar-refractivity contribution >= 4 is 46.4 Å². The van der Waals surface area contributed by atoms with Crippen molar-refractivity contribution in [3.05, 3.63) is 258 Å². The summed E-state index contributed by atoms with van der Waals surface area (Å²) in [6, 6.07) is 64.5. The number of Topliss-reactive ketones (excluding diaryl/α,β-unsaturated/α-hetero) is 3. The number of benzene rings is 8. The fourth-order valence-corrected chi connectivity index (χ4v) is 8.20. The van der Waals surface area contributed by atoms with Crippen LogP contribution in [0.4, 0.5) is 0 Å². The topological polar surface area (TPSA) is 163 Å². The van der Waals surface area contributed by atoms with Crippen LogP contribution in [0.3, 0.4) is 0 Å². The molecular weight excluding hydrogens is 873 g/mol. The summed E-state index contributed by atoms with van der Waals surface area (Å²) in [5.74, 6) is -6.90. The molecule has 9 aromatic rings. The van der Waals surface area contributed by atoms with Gasteiger partial charge in [-0.2, -0.15) is 0 Å². The minimum atomic E-state index is -1.06. The highest BCUT2D eigenvalue weighted by Crippen LogP contribution is 2.29. The summed E-state index contributed by atoms with van der Waals surface area (Å²) in [6.45, 7) is 0. The summed E-state index contributed by atoms with van der Waals surface area (Å²) in [6.07, 6.45) is 0. The van der Waals surface area contributed by atoms with E-state index < -0.39 is 63.9 Å². The van der Waals surface area contributed by atoms with Gasteiger partial charge in [0.15, 0.2) is 0 Å². The van der Waals surface area contributed by atoms with Crippen molar-refractivity contribution in [2.75, 3.05) is 0 Å². The van der Waals surface area contributed by atoms with Crippen LogP contribution in [0.1, 0.15) is 63.7 Å². The molecule has 0 amide bonds. The van der Waals surface area contributed by atoms with Crippen LogP contribution < -0.4 is 9.98 Å². The Kier molecular flexibility index (Phi) is 12.2. The Morgan fingerprint density at radius 3 is 0.957 bits per heavy atom. The van der Waals surface area contributed by atoms with E-state index in [1.54, 1.807) is 97.1 Å². The zero-order valence-corrected chi connectivity index (χ0v) is 37.1. The number of nitrogens with zero attached hydrogens (tertiary/aromatic N) is 5. The number of aliphatic imine (C=N–C) groups is 1. The van der Waals surface area contributed by atoms with Gasteiger partial charge >= 0.3 is 17.5 Å². The summed E-state index contributed by atoms with van der Waals surface area (Å²) in [4.78, 5) is 91.9. The second-order valence-corrected chi connectivity index (χ2v) is 16.0. The lowest BCUT2D eigenvalue weighted by Gasteiger charge is -2.12. The highest BCUT2D eigenvalue weighted by Gasteiger charge is 2.39. The van der Waals surface area contributed by atoms with Crippen molar-refractivity contribution in [2.24, 2.45) is 4.99 Å². The lowest BCUT2D eigenvalue weighted by molar-refractivity contribution is 0.101. The highest BCUT2D eigenvalue weighted by molar-refractivity contribution is 6.60. The molecule has 10 rings (SSSR count). The molecule has 0 bridgehead atoms. The molecule has 8 aromatic carbocycles. The molecular formula is C59H37N6O5+. The first kappa shape index (κ1) is 43.9. The first-order valence-corrected chi connectivity index (χ1v) is 22.2. The third-order valence-electron chi connectivity index (χ3n) is 11.6. The summed E-state index contributed by atoms with van der Waals surface area (Å²) in [5.41, 5.74) is 6.03. The molecule has 0 radical (unpaired) electrons. The largest absolute Gasteiger partial charge is 0.401 e. The average molecular weight is 910 g/mol. The Bertz CT molecular complexity index is 3530. The number of carbonyl (C=O) groups excluding carboxylic acids is 5. The maximum absolute atomic E-state index is 15.1. The summed E-state index contributed by atoms with van der Waals surface area (Å²) in [5, 5.41) is 2.79. The maximum atomic E-state index is 15.1. The van der Waals surface area contributed by atoms with Crippen LogP contribution in [0.15, 0.2) is 223 Å². The SMILES string of the molecule is O=C(C1=NC(C(=O)c2ccccc2-c2ccccc2)=[N+]=C(C(=O)c2ccccc2-c2ccccc2)N1)c1nc(C(=O)c2ccccc2-c2ccccc2)nc(C(=O)c2ccccc2-c2ccccc2)n1. The molecule has 0 atom stereocenters. The number of rotatable bonds is 14. The Hall–Kier alpha value is -9.96. The zero-order valence-electron chi connectivity index (χ0n) is 37.1. The van der Waals surface area contributed by atoms with E-state index in [2.05, 4.69) is 29.9 Å². The quantitative estimate of drug-likeness (QED) is 0.0827. The predicted octanol–water partition coefficient (Wildman–Crippen LogP) is 9.82. The maximum Gasteiger partial charge on any atom is 0.401 e. The Morgan fingerprint density at radius 1 is 0.314 bits per heavy atom. The second kappa shape index (κ2) is 19.5. The molecule has 0 saturated carbocycles. The van der Waals surface area contributed by atoms with E-state index in [1.165, 1.54) is 0 Å². The van der Waals surface area contributed by atoms with Gasteiger partial charge in [-0.05, 0) is 49.5 Å². The van der Waals surface area contributed by atoms with Crippen LogP contribution in [0, 0.1) is 0 Å². The molecule has 0 saturated heterocycles. The first-order chi connectivity index (χ1) is 34.3. The van der Waals surface area contributed by atoms with Crippen molar-refractivity contribution in [3.63, 3.8) is 0 Å². The van der Waals surface area contributed by atoms with E-state index in [0.29, 0.717) is 22.3 Å². The van der Waals surface area contributed by atoms with Crippen LogP contribution in [-0.4, -0.2) is 61.4 Å². The third kappa shape index (κ3) is 8.85. The molecule has 1 N–H and O–H groups in total. The van der Waals surface area contributed by atoms with E-state index >= 15 is 4.79 Å². The van der Waals surface area contributed by atoms with E-state index in [0.717, 1.165) is 22.3 Å². The van der Waals surface area contributed by atoms with Gasteiger partial charge in [-0.3, -0.25) is 24.0 Å². The van der Waals surface area contributed by atoms with E-state index in [4.69, 9.17) is 0 Å². The number of carbonyl (C=O) groups is 5. The van der Waals surface area contributed by atoms with Crippen LogP contribution in [0.5, 0.6) is 0 Å². The number of hydrogen-bond acceptors (Lipinski definition) is 10. The van der Waals surface area contributed by atoms with Crippen molar-refractivity contribution in [1.82, 2.24) is 24.9 Å². The van der Waals surface area contributed by atoms with Crippen LogP contribution in [0.2, 0.25) is 0 Å². The van der Waals surface area contributed by atoms with Crippen molar-refractivity contribution in [2.45, 2.75) is 0 Å². The molecule has 1 aliphatic heterocycles. The number of aromatic nitrogens is 3. The summed E-state index contributed by atoms with van der Waals surface area (Å²) in [7, 11) is 0. The zero-order chi connectivity index (χ0) is 48.0. The first-order valence-electron chi connectivity index (χ1n) is 22.2. The molecule has 1 aromatic heterocycles. The van der Waals surface area contributed by atoms with Gasteiger partial charge in [0, 0.05) is 22.3 Å². The molecule has 2 heterocycles. The normalized spacial score (nSPS) is 11.9. The number of amidine groups is 3. The van der Waals surface area contributed by atoms with E-state index in [-0.39, 0.29) is 22.3 Å². The van der Waals surface area contributed by atoms with E-state index in [9.17, 15) is 19.2 Å². The standard InChI is InChI=1S/C59H36N6O5/c66-49(45-33-17-13-29-41(45)37-21-5-1-6-22-37)54-60-55(50(67)46-34-18-14-30-42(46)38-23-7-2-8-24-38)63-58(62-54)53(70)59-64-56(51(68)47-35-19-15-31-43(47)39-25-9-3-10-26-39)61-57(65-59)52(69)48-36-20-16-32-44(48)40-27-11-4-12-28-40/h1-36H/p+1. The fourth-order valence-electron chi connectivity index (χ4n) is 8.20. The van der Waals surface area contributed by atoms with Gasteiger partial charge in [-0.25, -0.2) is 24.9 Å². The molecule has 11 nitrogen and oxygen atoms in total. The number of ketones is 5. The highest BCUT2D eigenvalue weighted by atomic mass is 16.2. The van der Waals surface area contributed by atoms with E-state index in [1.807, 2.05) is 121 Å². The van der Waals surface area contributed by atoms with Crippen LogP contribution in [-0.2, 0) is 0 Å². The summed E-state index contributed by atoms with van der Waals surface area (Å²) < 4.78 is 4.50. The number of hydrogen-bond donors (Lipinski definition) is 1. The van der Waals surface area contributed by atoms with Gasteiger partial charge in [-0.15, -0.1) is 0 Å². The lowest BCUT2D eigenvalue weighted by atomic mass is 9.96. The fraction of sp³-hybridized carbons (Fsp3) is 0. The van der Waals surface area contributed by atoms with Gasteiger partial charge in [0.1, 0.15) is 0 Å². The monoisotopic (exact) mass is 909 g/mol. The molecule has 1 aliphatic rings. The molecule has 0 fully saturated rings. The molecule has 0 unspecified atom stereocenters. The molecule has 0 aliphatic carbocycles. The van der Waals surface area contributed by atoms with Gasteiger partial charge in [0.2, 0.25) is 29.0 Å². The Labute approximate surface area is 401 Å². The second-order valence-electron chi connectivity index (χ2n) is 16.0. The van der Waals surface area contributed by atoms with Gasteiger partial charge in [0.25, 0.3) is 17.3 Å². The summed E-state index contributed by atoms with van der Waals surface area (Å²) >= 11 is 0. The van der Waals surface area contributed by atoms with Crippen molar-refractivity contribution < 1.29 is 24.0 Å². The van der Waals surface area contributed by atoms with Gasteiger partial charge in [-0.1, -0.05) is 218 Å². The van der Waals surface area contributed by atoms with Crippen molar-refractivity contribution in [3.8, 4) is 44.5 Å².